The molecular formula is C26H37N3O4S. The minimum absolute atomic E-state index is 0.217. The smallest absolute Gasteiger partial charge is 0.244 e. The molecule has 8 heteroatoms. The number of amides is 2. The first kappa shape index (κ1) is 27.4. The fourth-order valence-corrected chi connectivity index (χ4v) is 4.79. The van der Waals surface area contributed by atoms with Crippen molar-refractivity contribution in [1.82, 2.24) is 10.2 Å². The van der Waals surface area contributed by atoms with E-state index >= 15 is 0 Å². The molecule has 0 spiro atoms. The Labute approximate surface area is 204 Å². The third-order valence-corrected chi connectivity index (χ3v) is 6.87. The average Bonchev–Trinajstić information content (AvgIpc) is 2.83. The van der Waals surface area contributed by atoms with E-state index in [0.29, 0.717) is 38.0 Å². The fourth-order valence-electron chi connectivity index (χ4n) is 3.91. The Morgan fingerprint density at radius 2 is 1.62 bits per heavy atom. The summed E-state index contributed by atoms with van der Waals surface area (Å²) in [6.07, 6.45) is 3.52. The summed E-state index contributed by atoms with van der Waals surface area (Å²) in [6.45, 7) is 6.25. The quantitative estimate of drug-likeness (QED) is 0.469. The lowest BCUT2D eigenvalue weighted by molar-refractivity contribution is -0.139. The first-order valence-corrected chi connectivity index (χ1v) is 13.7. The van der Waals surface area contributed by atoms with E-state index in [1.54, 1.807) is 12.1 Å². The molecule has 1 N–H and O–H groups in total. The van der Waals surface area contributed by atoms with Crippen LogP contribution in [0, 0.1) is 0 Å². The zero-order valence-electron chi connectivity index (χ0n) is 20.7. The summed E-state index contributed by atoms with van der Waals surface area (Å²) in [7, 11) is -3.73. The lowest BCUT2D eigenvalue weighted by atomic mass is 10.1. The molecule has 0 aliphatic rings. The number of nitrogens with zero attached hydrogens (tertiary/aromatic N) is 2. The van der Waals surface area contributed by atoms with Crippen molar-refractivity contribution >= 4 is 27.5 Å². The molecule has 0 aliphatic carbocycles. The lowest BCUT2D eigenvalue weighted by Gasteiger charge is -2.33. The van der Waals surface area contributed by atoms with Gasteiger partial charge < -0.3 is 10.2 Å². The van der Waals surface area contributed by atoms with Crippen molar-refractivity contribution < 1.29 is 18.0 Å². The van der Waals surface area contributed by atoms with Crippen LogP contribution in [0.15, 0.2) is 54.6 Å². The highest BCUT2D eigenvalue weighted by atomic mass is 32.2. The minimum atomic E-state index is -3.73. The van der Waals surface area contributed by atoms with Crippen LogP contribution in [-0.4, -0.2) is 57.1 Å². The van der Waals surface area contributed by atoms with Crippen molar-refractivity contribution in [2.45, 2.75) is 52.5 Å². The molecule has 0 saturated heterocycles. The number of nitrogens with one attached hydrogen (secondary N) is 1. The molecule has 0 radical (unpaired) electrons. The average molecular weight is 488 g/mol. The molecule has 186 valence electrons. The SMILES string of the molecule is CCCNC(=O)C(CC)N(CCc1ccccc1)C(=O)CN(c1ccccc1CC)S(C)(=O)=O. The van der Waals surface area contributed by atoms with Crippen LogP contribution >= 0.6 is 0 Å². The van der Waals surface area contributed by atoms with Crippen molar-refractivity contribution in [2.75, 3.05) is 30.2 Å². The van der Waals surface area contributed by atoms with Crippen LogP contribution in [0.4, 0.5) is 5.69 Å². The molecular weight excluding hydrogens is 450 g/mol. The Morgan fingerprint density at radius 3 is 2.21 bits per heavy atom. The van der Waals surface area contributed by atoms with E-state index in [0.717, 1.165) is 28.1 Å². The molecule has 2 aromatic carbocycles. The summed E-state index contributed by atoms with van der Waals surface area (Å²) in [5.74, 6) is -0.614. The number of hydrogen-bond donors (Lipinski definition) is 1. The van der Waals surface area contributed by atoms with Crippen LogP contribution in [0.5, 0.6) is 0 Å². The minimum Gasteiger partial charge on any atom is -0.354 e. The van der Waals surface area contributed by atoms with Crippen LogP contribution in [0.25, 0.3) is 0 Å². The van der Waals surface area contributed by atoms with E-state index in [-0.39, 0.29) is 12.5 Å². The second kappa shape index (κ2) is 13.1. The number of carbonyl (C=O) groups excluding carboxylic acids is 2. The van der Waals surface area contributed by atoms with Gasteiger partial charge in [0.2, 0.25) is 21.8 Å². The van der Waals surface area contributed by atoms with E-state index in [1.165, 1.54) is 4.90 Å². The van der Waals surface area contributed by atoms with Crippen molar-refractivity contribution in [3.05, 3.63) is 65.7 Å². The molecule has 0 heterocycles. The van der Waals surface area contributed by atoms with Gasteiger partial charge in [0.1, 0.15) is 12.6 Å². The van der Waals surface area contributed by atoms with Gasteiger partial charge in [-0.2, -0.15) is 0 Å². The molecule has 34 heavy (non-hydrogen) atoms. The fraction of sp³-hybridized carbons (Fsp3) is 0.462. The van der Waals surface area contributed by atoms with Gasteiger partial charge in [0, 0.05) is 13.1 Å². The summed E-state index contributed by atoms with van der Waals surface area (Å²) < 4.78 is 26.6. The Hall–Kier alpha value is -2.87. The summed E-state index contributed by atoms with van der Waals surface area (Å²) in [4.78, 5) is 28.1. The van der Waals surface area contributed by atoms with Gasteiger partial charge in [-0.05, 0) is 42.9 Å². The second-order valence-corrected chi connectivity index (χ2v) is 10.2. The summed E-state index contributed by atoms with van der Waals surface area (Å²) in [5, 5.41) is 2.89. The highest BCUT2D eigenvalue weighted by molar-refractivity contribution is 7.92. The monoisotopic (exact) mass is 487 g/mol. The molecule has 0 fully saturated rings. The largest absolute Gasteiger partial charge is 0.354 e. The van der Waals surface area contributed by atoms with E-state index in [4.69, 9.17) is 0 Å². The number of para-hydroxylation sites is 1. The van der Waals surface area contributed by atoms with Crippen LogP contribution < -0.4 is 9.62 Å². The highest BCUT2D eigenvalue weighted by Gasteiger charge is 2.31. The van der Waals surface area contributed by atoms with Crippen LogP contribution in [0.1, 0.15) is 44.7 Å². The topological polar surface area (TPSA) is 86.8 Å². The number of carbonyl (C=O) groups is 2. The number of anilines is 1. The molecule has 1 unspecified atom stereocenters. The van der Waals surface area contributed by atoms with Crippen LogP contribution in [-0.2, 0) is 32.5 Å². The Balaban J connectivity index is 2.37. The number of aryl methyl sites for hydroxylation is 1. The molecule has 0 aliphatic heterocycles. The van der Waals surface area contributed by atoms with Gasteiger partial charge in [-0.15, -0.1) is 0 Å². The van der Waals surface area contributed by atoms with Crippen LogP contribution in [0.2, 0.25) is 0 Å². The highest BCUT2D eigenvalue weighted by Crippen LogP contribution is 2.24. The number of sulfonamides is 1. The summed E-state index contributed by atoms with van der Waals surface area (Å²) in [5.41, 5.74) is 2.37. The lowest BCUT2D eigenvalue weighted by Crippen LogP contribution is -2.53. The number of rotatable bonds is 13. The molecule has 0 bridgehead atoms. The molecule has 2 amide bonds. The molecule has 7 nitrogen and oxygen atoms in total. The zero-order valence-corrected chi connectivity index (χ0v) is 21.5. The number of hydrogen-bond acceptors (Lipinski definition) is 4. The van der Waals surface area contributed by atoms with E-state index in [2.05, 4.69) is 5.32 Å². The van der Waals surface area contributed by atoms with Gasteiger partial charge in [0.25, 0.3) is 0 Å². The molecule has 0 saturated carbocycles. The summed E-state index contributed by atoms with van der Waals surface area (Å²) >= 11 is 0. The van der Waals surface area contributed by atoms with Crippen LogP contribution in [0.3, 0.4) is 0 Å². The van der Waals surface area contributed by atoms with Crippen molar-refractivity contribution in [1.29, 1.82) is 0 Å². The van der Waals surface area contributed by atoms with Gasteiger partial charge >= 0.3 is 0 Å². The normalized spacial score (nSPS) is 12.1. The van der Waals surface area contributed by atoms with E-state index < -0.39 is 22.0 Å². The predicted molar refractivity (Wildman–Crippen MR) is 137 cm³/mol. The third kappa shape index (κ3) is 7.58. The first-order valence-electron chi connectivity index (χ1n) is 11.9. The van der Waals surface area contributed by atoms with E-state index in [1.807, 2.05) is 63.2 Å². The molecule has 0 aromatic heterocycles. The second-order valence-electron chi connectivity index (χ2n) is 8.29. The Morgan fingerprint density at radius 1 is 0.971 bits per heavy atom. The van der Waals surface area contributed by atoms with Gasteiger partial charge in [0.15, 0.2) is 0 Å². The van der Waals surface area contributed by atoms with Gasteiger partial charge in [-0.25, -0.2) is 8.42 Å². The van der Waals surface area contributed by atoms with E-state index in [9.17, 15) is 18.0 Å². The van der Waals surface area contributed by atoms with Crippen molar-refractivity contribution in [3.63, 3.8) is 0 Å². The predicted octanol–water partition coefficient (Wildman–Crippen LogP) is 3.39. The third-order valence-electron chi connectivity index (χ3n) is 5.74. The molecule has 1 atom stereocenters. The Bertz CT molecular complexity index is 1040. The maximum absolute atomic E-state index is 13.6. The standard InChI is InChI=1S/C26H37N3O4S/c1-5-18-27-26(31)23(7-3)28(19-17-21-13-9-8-10-14-21)25(30)20-29(34(4,32)33)24-16-12-11-15-22(24)6-2/h8-16,23H,5-7,17-20H2,1-4H3,(H,27,31). The maximum atomic E-state index is 13.6. The first-order chi connectivity index (χ1) is 16.2. The van der Waals surface area contributed by atoms with Gasteiger partial charge in [0.05, 0.1) is 11.9 Å². The molecule has 2 rings (SSSR count). The number of benzene rings is 2. The summed E-state index contributed by atoms with van der Waals surface area (Å²) in [6, 6.07) is 16.2. The maximum Gasteiger partial charge on any atom is 0.244 e. The van der Waals surface area contributed by atoms with Crippen molar-refractivity contribution in [2.24, 2.45) is 0 Å². The zero-order chi connectivity index (χ0) is 25.1. The van der Waals surface area contributed by atoms with Gasteiger partial charge in [-0.1, -0.05) is 69.3 Å². The molecule has 2 aromatic rings. The Kier molecular flexibility index (Phi) is 10.6. The van der Waals surface area contributed by atoms with Crippen molar-refractivity contribution in [3.8, 4) is 0 Å². The van der Waals surface area contributed by atoms with Gasteiger partial charge in [-0.3, -0.25) is 13.9 Å².